The van der Waals surface area contributed by atoms with Crippen LogP contribution in [-0.2, 0) is 0 Å². The van der Waals surface area contributed by atoms with Crippen molar-refractivity contribution in [2.24, 2.45) is 11.7 Å². The standard InChI is InChI=1S/C11H13BrFNO/c12-7-3-4-8(13)11(15)10(7)9(14)5-6-1-2-6/h3-4,6,9,15H,1-2,5,14H2/t9-/m0/s1. The van der Waals surface area contributed by atoms with Crippen molar-refractivity contribution in [3.8, 4) is 5.75 Å². The molecular weight excluding hydrogens is 261 g/mol. The molecule has 2 rings (SSSR count). The quantitative estimate of drug-likeness (QED) is 0.889. The van der Waals surface area contributed by atoms with E-state index < -0.39 is 5.82 Å². The van der Waals surface area contributed by atoms with Gasteiger partial charge in [-0.3, -0.25) is 0 Å². The van der Waals surface area contributed by atoms with Crippen LogP contribution in [-0.4, -0.2) is 5.11 Å². The molecule has 1 aliphatic carbocycles. The summed E-state index contributed by atoms with van der Waals surface area (Å²) in [5.41, 5.74) is 6.44. The molecule has 0 bridgehead atoms. The van der Waals surface area contributed by atoms with E-state index in [1.54, 1.807) is 6.07 Å². The molecular formula is C11H13BrFNO. The molecule has 15 heavy (non-hydrogen) atoms. The molecule has 0 saturated heterocycles. The Labute approximate surface area is 96.4 Å². The van der Waals surface area contributed by atoms with Gasteiger partial charge in [0.05, 0.1) is 0 Å². The number of rotatable bonds is 3. The highest BCUT2D eigenvalue weighted by Gasteiger charge is 2.27. The highest BCUT2D eigenvalue weighted by molar-refractivity contribution is 9.10. The number of benzene rings is 1. The third kappa shape index (κ3) is 2.32. The maximum absolute atomic E-state index is 13.1. The largest absolute Gasteiger partial charge is 0.505 e. The summed E-state index contributed by atoms with van der Waals surface area (Å²) in [5.74, 6) is -0.286. The second-order valence-corrected chi connectivity index (χ2v) is 4.93. The van der Waals surface area contributed by atoms with Gasteiger partial charge >= 0.3 is 0 Å². The molecule has 0 aliphatic heterocycles. The van der Waals surface area contributed by atoms with Gasteiger partial charge in [0.15, 0.2) is 11.6 Å². The fourth-order valence-corrected chi connectivity index (χ4v) is 2.35. The number of phenols is 1. The summed E-state index contributed by atoms with van der Waals surface area (Å²) < 4.78 is 13.8. The Morgan fingerprint density at radius 2 is 2.20 bits per heavy atom. The summed E-state index contributed by atoms with van der Waals surface area (Å²) in [4.78, 5) is 0. The fraction of sp³-hybridized carbons (Fsp3) is 0.455. The second kappa shape index (κ2) is 4.10. The summed E-state index contributed by atoms with van der Waals surface area (Å²) >= 11 is 3.29. The maximum Gasteiger partial charge on any atom is 0.165 e. The Hall–Kier alpha value is -0.610. The van der Waals surface area contributed by atoms with Gasteiger partial charge in [-0.05, 0) is 24.5 Å². The monoisotopic (exact) mass is 273 g/mol. The van der Waals surface area contributed by atoms with E-state index in [9.17, 15) is 9.50 Å². The van der Waals surface area contributed by atoms with Crippen molar-refractivity contribution in [2.45, 2.75) is 25.3 Å². The van der Waals surface area contributed by atoms with E-state index in [2.05, 4.69) is 15.9 Å². The predicted octanol–water partition coefficient (Wildman–Crippen LogP) is 3.09. The molecule has 0 unspecified atom stereocenters. The lowest BCUT2D eigenvalue weighted by molar-refractivity contribution is 0.416. The third-order valence-corrected chi connectivity index (χ3v) is 3.46. The first-order valence-electron chi connectivity index (χ1n) is 5.02. The molecule has 3 N–H and O–H groups in total. The van der Waals surface area contributed by atoms with Crippen molar-refractivity contribution in [1.29, 1.82) is 0 Å². The summed E-state index contributed by atoms with van der Waals surface area (Å²) in [6, 6.07) is 2.52. The van der Waals surface area contributed by atoms with Crippen LogP contribution in [0.5, 0.6) is 5.75 Å². The SMILES string of the molecule is N[C@@H](CC1CC1)c1c(Br)ccc(F)c1O. The van der Waals surface area contributed by atoms with Crippen LogP contribution in [0.25, 0.3) is 0 Å². The zero-order chi connectivity index (χ0) is 11.0. The minimum absolute atomic E-state index is 0.289. The Bertz CT molecular complexity index is 379. The van der Waals surface area contributed by atoms with Gasteiger partial charge in [-0.1, -0.05) is 28.8 Å². The van der Waals surface area contributed by atoms with Gasteiger partial charge in [0.2, 0.25) is 0 Å². The van der Waals surface area contributed by atoms with Crippen LogP contribution in [0.3, 0.4) is 0 Å². The van der Waals surface area contributed by atoms with E-state index in [1.807, 2.05) is 0 Å². The van der Waals surface area contributed by atoms with Crippen molar-refractivity contribution in [3.05, 3.63) is 28.0 Å². The first kappa shape index (κ1) is 10.9. The first-order valence-corrected chi connectivity index (χ1v) is 5.81. The highest BCUT2D eigenvalue weighted by Crippen LogP contribution is 2.41. The Balaban J connectivity index is 2.27. The molecule has 1 atom stereocenters. The van der Waals surface area contributed by atoms with Gasteiger partial charge in [-0.25, -0.2) is 4.39 Å². The first-order chi connectivity index (χ1) is 7.09. The molecule has 82 valence electrons. The normalized spacial score (nSPS) is 17.8. The summed E-state index contributed by atoms with van der Waals surface area (Å²) in [6.07, 6.45) is 3.21. The van der Waals surface area contributed by atoms with Crippen molar-refractivity contribution < 1.29 is 9.50 Å². The molecule has 1 aromatic carbocycles. The van der Waals surface area contributed by atoms with E-state index in [4.69, 9.17) is 5.73 Å². The zero-order valence-corrected chi connectivity index (χ0v) is 9.80. The van der Waals surface area contributed by atoms with Gasteiger partial charge < -0.3 is 10.8 Å². The topological polar surface area (TPSA) is 46.2 Å². The lowest BCUT2D eigenvalue weighted by Gasteiger charge is -2.15. The number of hydrogen-bond acceptors (Lipinski definition) is 2. The smallest absolute Gasteiger partial charge is 0.165 e. The van der Waals surface area contributed by atoms with E-state index in [0.29, 0.717) is 16.0 Å². The van der Waals surface area contributed by atoms with E-state index in [-0.39, 0.29) is 11.8 Å². The van der Waals surface area contributed by atoms with Crippen LogP contribution in [0.4, 0.5) is 4.39 Å². The van der Waals surface area contributed by atoms with Crippen LogP contribution < -0.4 is 5.73 Å². The minimum atomic E-state index is -0.612. The third-order valence-electron chi connectivity index (χ3n) is 2.77. The second-order valence-electron chi connectivity index (χ2n) is 4.08. The lowest BCUT2D eigenvalue weighted by Crippen LogP contribution is -2.12. The van der Waals surface area contributed by atoms with Gasteiger partial charge in [-0.2, -0.15) is 0 Å². The average Bonchev–Trinajstić information content (AvgIpc) is 2.96. The number of nitrogens with two attached hydrogens (primary N) is 1. The molecule has 0 aromatic heterocycles. The van der Waals surface area contributed by atoms with Gasteiger partial charge in [-0.15, -0.1) is 0 Å². The van der Waals surface area contributed by atoms with Crippen LogP contribution in [0, 0.1) is 11.7 Å². The molecule has 2 nitrogen and oxygen atoms in total. The molecule has 0 amide bonds. The lowest BCUT2D eigenvalue weighted by atomic mass is 10.0. The molecule has 1 aliphatic rings. The van der Waals surface area contributed by atoms with Crippen molar-refractivity contribution in [3.63, 3.8) is 0 Å². The maximum atomic E-state index is 13.1. The molecule has 0 radical (unpaired) electrons. The van der Waals surface area contributed by atoms with Crippen LogP contribution >= 0.6 is 15.9 Å². The van der Waals surface area contributed by atoms with Crippen LogP contribution in [0.1, 0.15) is 30.9 Å². The zero-order valence-electron chi connectivity index (χ0n) is 8.21. The average molecular weight is 274 g/mol. The molecule has 1 aromatic rings. The number of halogens is 2. The fourth-order valence-electron chi connectivity index (χ4n) is 1.74. The van der Waals surface area contributed by atoms with Gasteiger partial charge in [0.25, 0.3) is 0 Å². The number of phenolic OH excluding ortho intramolecular Hbond substituents is 1. The molecule has 1 fully saturated rings. The van der Waals surface area contributed by atoms with Crippen LogP contribution in [0.2, 0.25) is 0 Å². The summed E-state index contributed by atoms with van der Waals surface area (Å²) in [5, 5.41) is 9.60. The van der Waals surface area contributed by atoms with Crippen molar-refractivity contribution in [2.75, 3.05) is 0 Å². The van der Waals surface area contributed by atoms with Crippen LogP contribution in [0.15, 0.2) is 16.6 Å². The van der Waals surface area contributed by atoms with E-state index >= 15 is 0 Å². The van der Waals surface area contributed by atoms with E-state index in [1.165, 1.54) is 18.9 Å². The molecule has 1 saturated carbocycles. The van der Waals surface area contributed by atoms with E-state index in [0.717, 1.165) is 6.42 Å². The molecule has 0 spiro atoms. The summed E-state index contributed by atoms with van der Waals surface area (Å²) in [6.45, 7) is 0. The Kier molecular flexibility index (Phi) is 2.98. The highest BCUT2D eigenvalue weighted by atomic mass is 79.9. The predicted molar refractivity (Wildman–Crippen MR) is 60.0 cm³/mol. The van der Waals surface area contributed by atoms with Gasteiger partial charge in [0, 0.05) is 16.1 Å². The number of hydrogen-bond donors (Lipinski definition) is 2. The Morgan fingerprint density at radius 1 is 1.53 bits per heavy atom. The number of aromatic hydroxyl groups is 1. The van der Waals surface area contributed by atoms with Gasteiger partial charge in [0.1, 0.15) is 0 Å². The van der Waals surface area contributed by atoms with Crippen molar-refractivity contribution in [1.82, 2.24) is 0 Å². The van der Waals surface area contributed by atoms with Crippen molar-refractivity contribution >= 4 is 15.9 Å². The molecule has 4 heteroatoms. The molecule has 0 heterocycles. The summed E-state index contributed by atoms with van der Waals surface area (Å²) in [7, 11) is 0. The Morgan fingerprint density at radius 3 is 2.80 bits per heavy atom. The minimum Gasteiger partial charge on any atom is -0.505 e.